The molecule has 2 atom stereocenters. The van der Waals surface area contributed by atoms with Gasteiger partial charge in [0, 0.05) is 12.6 Å². The molecule has 2 heteroatoms. The van der Waals surface area contributed by atoms with Crippen LogP contribution in [-0.2, 0) is 4.74 Å². The molecule has 1 spiro atoms. The van der Waals surface area contributed by atoms with E-state index in [1.54, 1.807) is 0 Å². The number of hydrogen-bond acceptors (Lipinski definition) is 2. The van der Waals surface area contributed by atoms with E-state index in [9.17, 15) is 0 Å². The lowest BCUT2D eigenvalue weighted by Crippen LogP contribution is -2.48. The summed E-state index contributed by atoms with van der Waals surface area (Å²) in [5.41, 5.74) is 0.268. The second kappa shape index (κ2) is 6.38. The molecular formula is C16H31NO. The third-order valence-corrected chi connectivity index (χ3v) is 4.90. The molecule has 0 aromatic rings. The third kappa shape index (κ3) is 3.27. The fourth-order valence-corrected chi connectivity index (χ4v) is 4.00. The van der Waals surface area contributed by atoms with Crippen molar-refractivity contribution >= 4 is 0 Å². The van der Waals surface area contributed by atoms with Crippen molar-refractivity contribution in [2.24, 2.45) is 11.8 Å². The van der Waals surface area contributed by atoms with Crippen LogP contribution < -0.4 is 5.32 Å². The van der Waals surface area contributed by atoms with Crippen LogP contribution in [0.2, 0.25) is 0 Å². The van der Waals surface area contributed by atoms with Gasteiger partial charge in [-0.3, -0.25) is 0 Å². The van der Waals surface area contributed by atoms with Gasteiger partial charge in [-0.1, -0.05) is 33.6 Å². The van der Waals surface area contributed by atoms with Gasteiger partial charge in [-0.2, -0.15) is 0 Å². The first-order valence-corrected chi connectivity index (χ1v) is 8.04. The topological polar surface area (TPSA) is 21.3 Å². The minimum absolute atomic E-state index is 0.268. The third-order valence-electron chi connectivity index (χ3n) is 4.90. The van der Waals surface area contributed by atoms with Gasteiger partial charge in [-0.05, 0) is 50.5 Å². The zero-order valence-electron chi connectivity index (χ0n) is 12.5. The fraction of sp³-hybridized carbons (Fsp3) is 1.00. The molecule has 1 aliphatic carbocycles. The molecule has 2 aliphatic rings. The predicted octanol–water partition coefficient (Wildman–Crippen LogP) is 3.75. The van der Waals surface area contributed by atoms with Gasteiger partial charge in [-0.25, -0.2) is 0 Å². The van der Waals surface area contributed by atoms with Gasteiger partial charge in [0.15, 0.2) is 0 Å². The standard InChI is InChI=1S/C16H31NO/c1-4-10-17-15(13(2)3)14-7-11-18-16(12-14)8-5-6-9-16/h13-15,17H,4-12H2,1-3H3. The Morgan fingerprint density at radius 3 is 2.61 bits per heavy atom. The minimum Gasteiger partial charge on any atom is -0.375 e. The highest BCUT2D eigenvalue weighted by atomic mass is 16.5. The van der Waals surface area contributed by atoms with Crippen LogP contribution in [0.1, 0.15) is 65.7 Å². The fourth-order valence-electron chi connectivity index (χ4n) is 4.00. The smallest absolute Gasteiger partial charge is 0.0685 e. The van der Waals surface area contributed by atoms with Crippen molar-refractivity contribution in [3.63, 3.8) is 0 Å². The summed E-state index contributed by atoms with van der Waals surface area (Å²) in [5, 5.41) is 3.79. The molecular weight excluding hydrogens is 222 g/mol. The van der Waals surface area contributed by atoms with E-state index in [0.29, 0.717) is 6.04 Å². The average Bonchev–Trinajstić information content (AvgIpc) is 2.77. The molecule has 0 aromatic heterocycles. The Morgan fingerprint density at radius 2 is 2.00 bits per heavy atom. The van der Waals surface area contributed by atoms with Crippen LogP contribution in [0.25, 0.3) is 0 Å². The molecule has 0 aromatic carbocycles. The molecule has 2 nitrogen and oxygen atoms in total. The highest BCUT2D eigenvalue weighted by molar-refractivity contribution is 4.94. The highest BCUT2D eigenvalue weighted by Gasteiger charge is 2.42. The molecule has 1 aliphatic heterocycles. The van der Waals surface area contributed by atoms with Crippen LogP contribution in [-0.4, -0.2) is 24.8 Å². The van der Waals surface area contributed by atoms with Crippen molar-refractivity contribution in [2.75, 3.05) is 13.2 Å². The summed E-state index contributed by atoms with van der Waals surface area (Å²) in [6.45, 7) is 9.13. The van der Waals surface area contributed by atoms with Crippen molar-refractivity contribution in [1.82, 2.24) is 5.32 Å². The van der Waals surface area contributed by atoms with Gasteiger partial charge >= 0.3 is 0 Å². The maximum atomic E-state index is 6.16. The summed E-state index contributed by atoms with van der Waals surface area (Å²) in [7, 11) is 0. The zero-order chi connectivity index (χ0) is 13.0. The van der Waals surface area contributed by atoms with Crippen molar-refractivity contribution in [3.05, 3.63) is 0 Å². The molecule has 1 heterocycles. The van der Waals surface area contributed by atoms with E-state index in [2.05, 4.69) is 26.1 Å². The first-order valence-electron chi connectivity index (χ1n) is 8.04. The van der Waals surface area contributed by atoms with Gasteiger partial charge in [-0.15, -0.1) is 0 Å². The van der Waals surface area contributed by atoms with Gasteiger partial charge in [0.2, 0.25) is 0 Å². The summed E-state index contributed by atoms with van der Waals surface area (Å²) in [4.78, 5) is 0. The van der Waals surface area contributed by atoms with Crippen molar-refractivity contribution in [3.8, 4) is 0 Å². The lowest BCUT2D eigenvalue weighted by molar-refractivity contribution is -0.100. The lowest BCUT2D eigenvalue weighted by Gasteiger charge is -2.42. The monoisotopic (exact) mass is 253 g/mol. The Bertz CT molecular complexity index is 245. The number of hydrogen-bond donors (Lipinski definition) is 1. The van der Waals surface area contributed by atoms with Crippen molar-refractivity contribution < 1.29 is 4.74 Å². The SMILES string of the molecule is CCCNC(C(C)C)C1CCOC2(CCCC2)C1. The Hall–Kier alpha value is -0.0800. The highest BCUT2D eigenvalue weighted by Crippen LogP contribution is 2.43. The van der Waals surface area contributed by atoms with E-state index in [0.717, 1.165) is 25.0 Å². The Labute approximate surface area is 113 Å². The Kier molecular flexibility index (Phi) is 5.08. The van der Waals surface area contributed by atoms with Crippen LogP contribution in [0.15, 0.2) is 0 Å². The van der Waals surface area contributed by atoms with E-state index in [4.69, 9.17) is 4.74 Å². The van der Waals surface area contributed by atoms with E-state index in [1.807, 2.05) is 0 Å². The van der Waals surface area contributed by atoms with Crippen LogP contribution in [0, 0.1) is 11.8 Å². The molecule has 0 bridgehead atoms. The maximum absolute atomic E-state index is 6.16. The molecule has 1 saturated carbocycles. The zero-order valence-corrected chi connectivity index (χ0v) is 12.5. The van der Waals surface area contributed by atoms with Gasteiger partial charge in [0.25, 0.3) is 0 Å². The summed E-state index contributed by atoms with van der Waals surface area (Å²) >= 11 is 0. The molecule has 2 unspecified atom stereocenters. The average molecular weight is 253 g/mol. The second-order valence-corrected chi connectivity index (χ2v) is 6.72. The van der Waals surface area contributed by atoms with Crippen LogP contribution in [0.5, 0.6) is 0 Å². The molecule has 2 fully saturated rings. The van der Waals surface area contributed by atoms with Crippen molar-refractivity contribution in [2.45, 2.75) is 77.4 Å². The summed E-state index contributed by atoms with van der Waals surface area (Å²) in [6.07, 6.45) is 9.15. The number of nitrogens with one attached hydrogen (secondary N) is 1. The molecule has 2 rings (SSSR count). The molecule has 1 N–H and O–H groups in total. The Balaban J connectivity index is 1.96. The van der Waals surface area contributed by atoms with Crippen LogP contribution in [0.4, 0.5) is 0 Å². The van der Waals surface area contributed by atoms with E-state index in [1.165, 1.54) is 44.9 Å². The van der Waals surface area contributed by atoms with E-state index in [-0.39, 0.29) is 5.60 Å². The maximum Gasteiger partial charge on any atom is 0.0685 e. The van der Waals surface area contributed by atoms with E-state index < -0.39 is 0 Å². The second-order valence-electron chi connectivity index (χ2n) is 6.72. The predicted molar refractivity (Wildman–Crippen MR) is 76.8 cm³/mol. The summed E-state index contributed by atoms with van der Waals surface area (Å²) < 4.78 is 6.16. The van der Waals surface area contributed by atoms with E-state index >= 15 is 0 Å². The molecule has 1 saturated heterocycles. The molecule has 0 amide bonds. The number of rotatable bonds is 5. The van der Waals surface area contributed by atoms with Crippen molar-refractivity contribution in [1.29, 1.82) is 0 Å². The first-order chi connectivity index (χ1) is 8.67. The van der Waals surface area contributed by atoms with Gasteiger partial charge in [0.1, 0.15) is 0 Å². The van der Waals surface area contributed by atoms with Gasteiger partial charge < -0.3 is 10.1 Å². The number of ether oxygens (including phenoxy) is 1. The molecule has 18 heavy (non-hydrogen) atoms. The first kappa shape index (κ1) is 14.3. The minimum atomic E-state index is 0.268. The molecule has 106 valence electrons. The summed E-state index contributed by atoms with van der Waals surface area (Å²) in [5.74, 6) is 1.56. The van der Waals surface area contributed by atoms with Crippen LogP contribution >= 0.6 is 0 Å². The summed E-state index contributed by atoms with van der Waals surface area (Å²) in [6, 6.07) is 0.686. The normalized spacial score (nSPS) is 29.0. The largest absolute Gasteiger partial charge is 0.375 e. The quantitative estimate of drug-likeness (QED) is 0.805. The lowest BCUT2D eigenvalue weighted by atomic mass is 9.77. The molecule has 0 radical (unpaired) electrons. The Morgan fingerprint density at radius 1 is 1.28 bits per heavy atom. The van der Waals surface area contributed by atoms with Gasteiger partial charge in [0.05, 0.1) is 5.60 Å². The van der Waals surface area contributed by atoms with Crippen LogP contribution in [0.3, 0.4) is 0 Å².